The van der Waals surface area contributed by atoms with Crippen LogP contribution in [0, 0.1) is 0 Å². The van der Waals surface area contributed by atoms with Gasteiger partial charge in [0.1, 0.15) is 0 Å². The van der Waals surface area contributed by atoms with Crippen molar-refractivity contribution < 1.29 is 14.3 Å². The van der Waals surface area contributed by atoms with Crippen LogP contribution in [0.1, 0.15) is 22.8 Å². The van der Waals surface area contributed by atoms with Crippen LogP contribution in [-0.4, -0.2) is 24.1 Å². The zero-order chi connectivity index (χ0) is 22.5. The van der Waals surface area contributed by atoms with Crippen LogP contribution in [0.25, 0.3) is 22.2 Å². The van der Waals surface area contributed by atoms with Crippen LogP contribution in [0.5, 0.6) is 0 Å². The van der Waals surface area contributed by atoms with Crippen molar-refractivity contribution in [3.8, 4) is 11.3 Å². The number of anilines is 1. The molecular weight excluding hydrogens is 402 g/mol. The number of amides is 2. The molecule has 0 radical (unpaired) electrons. The first-order chi connectivity index (χ1) is 15.6. The lowest BCUT2D eigenvalue weighted by atomic mass is 9.94. The van der Waals surface area contributed by atoms with Gasteiger partial charge in [0.25, 0.3) is 5.91 Å². The summed E-state index contributed by atoms with van der Waals surface area (Å²) in [4.78, 5) is 31.0. The highest BCUT2D eigenvalue weighted by Gasteiger charge is 2.25. The van der Waals surface area contributed by atoms with Gasteiger partial charge in [-0.1, -0.05) is 73.7 Å². The van der Waals surface area contributed by atoms with E-state index in [4.69, 9.17) is 9.72 Å². The van der Waals surface area contributed by atoms with E-state index in [0.717, 1.165) is 27.2 Å². The molecule has 0 aliphatic carbocycles. The number of pyridine rings is 1. The molecule has 2 amide bonds. The van der Waals surface area contributed by atoms with Gasteiger partial charge < -0.3 is 4.74 Å². The summed E-state index contributed by atoms with van der Waals surface area (Å²) in [6.45, 7) is 1.99. The first-order valence-corrected chi connectivity index (χ1v) is 10.3. The molecule has 0 unspecified atom stereocenters. The molecule has 0 saturated heterocycles. The van der Waals surface area contributed by atoms with Gasteiger partial charge in [-0.05, 0) is 30.2 Å². The average Bonchev–Trinajstić information content (AvgIpc) is 2.86. The second-order valence-corrected chi connectivity index (χ2v) is 7.13. The van der Waals surface area contributed by atoms with E-state index in [1.54, 1.807) is 24.3 Å². The van der Waals surface area contributed by atoms with E-state index in [9.17, 15) is 9.59 Å². The van der Waals surface area contributed by atoms with Crippen LogP contribution in [0.2, 0.25) is 0 Å². The molecule has 0 fully saturated rings. The van der Waals surface area contributed by atoms with E-state index in [1.807, 2.05) is 67.6 Å². The fourth-order valence-corrected chi connectivity index (χ4v) is 3.73. The van der Waals surface area contributed by atoms with Crippen molar-refractivity contribution in [3.63, 3.8) is 0 Å². The number of benzene rings is 3. The van der Waals surface area contributed by atoms with E-state index in [0.29, 0.717) is 23.2 Å². The molecular formula is C26H23N3O3. The van der Waals surface area contributed by atoms with Gasteiger partial charge in [0, 0.05) is 10.9 Å². The van der Waals surface area contributed by atoms with Gasteiger partial charge in [-0.25, -0.2) is 9.78 Å². The van der Waals surface area contributed by atoms with E-state index >= 15 is 0 Å². The quantitative estimate of drug-likeness (QED) is 0.446. The summed E-state index contributed by atoms with van der Waals surface area (Å²) < 4.78 is 4.90. The van der Waals surface area contributed by atoms with Gasteiger partial charge in [-0.3, -0.25) is 10.2 Å². The normalized spacial score (nSPS) is 10.6. The smallest absolute Gasteiger partial charge is 0.433 e. The second kappa shape index (κ2) is 9.31. The molecule has 0 bridgehead atoms. The van der Waals surface area contributed by atoms with Crippen molar-refractivity contribution >= 4 is 28.6 Å². The number of rotatable bonds is 4. The number of hydrazine groups is 1. The molecule has 1 N–H and O–H groups in total. The minimum atomic E-state index is -0.691. The molecule has 0 aliphatic rings. The maximum atomic E-state index is 13.6. The number of aromatic nitrogens is 1. The molecule has 4 aromatic rings. The van der Waals surface area contributed by atoms with Crippen LogP contribution < -0.4 is 10.4 Å². The van der Waals surface area contributed by atoms with Crippen LogP contribution in [0.4, 0.5) is 10.5 Å². The summed E-state index contributed by atoms with van der Waals surface area (Å²) in [5.74, 6) is -0.410. The summed E-state index contributed by atoms with van der Waals surface area (Å²) >= 11 is 0. The fraction of sp³-hybridized carbons (Fsp3) is 0.115. The van der Waals surface area contributed by atoms with E-state index in [2.05, 4.69) is 5.43 Å². The predicted octanol–water partition coefficient (Wildman–Crippen LogP) is 5.38. The van der Waals surface area contributed by atoms with Crippen LogP contribution >= 0.6 is 0 Å². The number of fused-ring (bicyclic) bond motifs is 1. The lowest BCUT2D eigenvalue weighted by Gasteiger charge is -2.23. The van der Waals surface area contributed by atoms with Crippen LogP contribution in [-0.2, 0) is 11.2 Å². The monoisotopic (exact) mass is 425 g/mol. The molecule has 1 aromatic heterocycles. The third-order valence-electron chi connectivity index (χ3n) is 5.21. The third-order valence-corrected chi connectivity index (χ3v) is 5.21. The zero-order valence-corrected chi connectivity index (χ0v) is 17.9. The zero-order valence-electron chi connectivity index (χ0n) is 17.9. The maximum Gasteiger partial charge on any atom is 0.433 e. The Hall–Kier alpha value is -4.19. The summed E-state index contributed by atoms with van der Waals surface area (Å²) in [5, 5.41) is 1.83. The molecule has 160 valence electrons. The largest absolute Gasteiger partial charge is 0.451 e. The summed E-state index contributed by atoms with van der Waals surface area (Å²) in [6.07, 6.45) is -0.0989. The molecule has 6 nitrogen and oxygen atoms in total. The van der Waals surface area contributed by atoms with E-state index in [-0.39, 0.29) is 0 Å². The Morgan fingerprint density at radius 2 is 1.53 bits per heavy atom. The molecule has 1 heterocycles. The average molecular weight is 425 g/mol. The van der Waals surface area contributed by atoms with Gasteiger partial charge in [0.05, 0.1) is 29.6 Å². The second-order valence-electron chi connectivity index (χ2n) is 7.13. The highest BCUT2D eigenvalue weighted by Crippen LogP contribution is 2.31. The Morgan fingerprint density at radius 1 is 0.906 bits per heavy atom. The van der Waals surface area contributed by atoms with Crippen LogP contribution in [0.15, 0.2) is 84.9 Å². The minimum Gasteiger partial charge on any atom is -0.451 e. The Balaban J connectivity index is 1.87. The predicted molar refractivity (Wildman–Crippen MR) is 125 cm³/mol. The van der Waals surface area contributed by atoms with Crippen molar-refractivity contribution in [2.45, 2.75) is 13.3 Å². The molecule has 6 heteroatoms. The summed E-state index contributed by atoms with van der Waals surface area (Å²) in [7, 11) is 1.28. The molecule has 0 spiro atoms. The van der Waals surface area contributed by atoms with Gasteiger partial charge in [-0.2, -0.15) is 5.01 Å². The highest BCUT2D eigenvalue weighted by atomic mass is 16.5. The van der Waals surface area contributed by atoms with Crippen molar-refractivity contribution in [1.82, 2.24) is 10.4 Å². The van der Waals surface area contributed by atoms with Gasteiger partial charge in [0.15, 0.2) is 0 Å². The summed E-state index contributed by atoms with van der Waals surface area (Å²) in [6, 6.07) is 26.1. The molecule has 0 aliphatic heterocycles. The fourth-order valence-electron chi connectivity index (χ4n) is 3.73. The van der Waals surface area contributed by atoms with Gasteiger partial charge >= 0.3 is 6.09 Å². The summed E-state index contributed by atoms with van der Waals surface area (Å²) in [5.41, 5.74) is 6.91. The van der Waals surface area contributed by atoms with E-state index < -0.39 is 12.0 Å². The first kappa shape index (κ1) is 21.1. The van der Waals surface area contributed by atoms with E-state index in [1.165, 1.54) is 7.11 Å². The van der Waals surface area contributed by atoms with Crippen molar-refractivity contribution in [2.75, 3.05) is 12.1 Å². The molecule has 3 aromatic carbocycles. The number of carbonyl (C=O) groups excluding carboxylic acids is 2. The Morgan fingerprint density at radius 3 is 2.19 bits per heavy atom. The lowest BCUT2D eigenvalue weighted by molar-refractivity contribution is 0.0941. The van der Waals surface area contributed by atoms with Crippen molar-refractivity contribution in [3.05, 3.63) is 96.1 Å². The number of carbonyl (C=O) groups is 2. The van der Waals surface area contributed by atoms with Crippen molar-refractivity contribution in [2.24, 2.45) is 0 Å². The standard InChI is InChI=1S/C26H23N3O3/c1-3-20-23(25(30)28-29(26(31)32-2)19-14-8-5-9-15-19)21-16-10-11-17-22(21)27-24(20)18-12-6-4-7-13-18/h4-17H,3H2,1-2H3,(H,28,30). The third kappa shape index (κ3) is 4.03. The topological polar surface area (TPSA) is 71.5 Å². The number of nitrogens with zero attached hydrogens (tertiary/aromatic N) is 2. The molecule has 32 heavy (non-hydrogen) atoms. The Bertz CT molecular complexity index is 1260. The highest BCUT2D eigenvalue weighted by molar-refractivity contribution is 6.10. The number of hydrogen-bond donors (Lipinski definition) is 1. The first-order valence-electron chi connectivity index (χ1n) is 10.3. The Kier molecular flexibility index (Phi) is 6.12. The molecule has 0 atom stereocenters. The van der Waals surface area contributed by atoms with Crippen molar-refractivity contribution in [1.29, 1.82) is 0 Å². The SMILES string of the molecule is CCc1c(-c2ccccc2)nc2ccccc2c1C(=O)NN(C(=O)OC)c1ccccc1. The number of ether oxygens (including phenoxy) is 1. The van der Waals surface area contributed by atoms with Gasteiger partial charge in [-0.15, -0.1) is 0 Å². The number of hydrogen-bond acceptors (Lipinski definition) is 4. The lowest BCUT2D eigenvalue weighted by Crippen LogP contribution is -2.46. The molecule has 4 rings (SSSR count). The number of methoxy groups -OCH3 is 1. The number of nitrogens with one attached hydrogen (secondary N) is 1. The minimum absolute atomic E-state index is 0.410. The molecule has 0 saturated carbocycles. The number of para-hydroxylation sites is 2. The maximum absolute atomic E-state index is 13.6. The van der Waals surface area contributed by atoms with Gasteiger partial charge in [0.2, 0.25) is 0 Å². The van der Waals surface area contributed by atoms with Crippen LogP contribution in [0.3, 0.4) is 0 Å². The Labute approximate surface area is 186 Å².